The molecular weight excluding hydrogens is 288 g/mol. The lowest BCUT2D eigenvalue weighted by atomic mass is 9.97. The summed E-state index contributed by atoms with van der Waals surface area (Å²) >= 11 is 0. The number of nitrogens with zero attached hydrogens (tertiary/aromatic N) is 2. The van der Waals surface area contributed by atoms with Gasteiger partial charge >= 0.3 is 0 Å². The monoisotopic (exact) mass is 318 g/mol. The molecule has 0 saturated heterocycles. The molecule has 0 aliphatic rings. The van der Waals surface area contributed by atoms with E-state index in [1.54, 1.807) is 16.7 Å². The molecule has 0 unspecified atom stereocenters. The molecular formula is C19H30N2O2. The lowest BCUT2D eigenvalue weighted by Crippen LogP contribution is -2.37. The molecule has 2 amide bonds. The van der Waals surface area contributed by atoms with Crippen molar-refractivity contribution < 1.29 is 9.59 Å². The van der Waals surface area contributed by atoms with E-state index in [0.717, 1.165) is 16.8 Å². The standard InChI is InChI=1S/C19H30N2O2/c1-7-20(8-2)18(23)12-13-21(16(6)22)19-15(5)10-9-11-17(19)14(3)4/h9-11,14H,7-8,12-13H2,1-6H3. The summed E-state index contributed by atoms with van der Waals surface area (Å²) in [5, 5.41) is 0. The normalized spacial score (nSPS) is 10.7. The number of amides is 2. The Bertz CT molecular complexity index is 548. The molecule has 1 aromatic carbocycles. The fraction of sp³-hybridized carbons (Fsp3) is 0.579. The van der Waals surface area contributed by atoms with Crippen LogP contribution in [-0.2, 0) is 9.59 Å². The number of carbonyl (C=O) groups is 2. The van der Waals surface area contributed by atoms with Gasteiger partial charge < -0.3 is 9.80 Å². The quantitative estimate of drug-likeness (QED) is 0.768. The van der Waals surface area contributed by atoms with Crippen molar-refractivity contribution in [1.29, 1.82) is 0 Å². The average molecular weight is 318 g/mol. The highest BCUT2D eigenvalue weighted by molar-refractivity contribution is 5.94. The molecule has 1 aromatic rings. The van der Waals surface area contributed by atoms with Crippen molar-refractivity contribution in [3.8, 4) is 0 Å². The molecule has 0 spiro atoms. The van der Waals surface area contributed by atoms with Crippen LogP contribution in [0.2, 0.25) is 0 Å². The molecule has 1 rings (SSSR count). The van der Waals surface area contributed by atoms with Gasteiger partial charge in [-0.2, -0.15) is 0 Å². The van der Waals surface area contributed by atoms with Crippen LogP contribution in [0.4, 0.5) is 5.69 Å². The zero-order valence-electron chi connectivity index (χ0n) is 15.3. The molecule has 0 atom stereocenters. The Morgan fingerprint density at radius 2 is 1.74 bits per heavy atom. The van der Waals surface area contributed by atoms with Crippen molar-refractivity contribution in [3.05, 3.63) is 29.3 Å². The third-order valence-electron chi connectivity index (χ3n) is 4.21. The van der Waals surface area contributed by atoms with Crippen LogP contribution in [0, 0.1) is 6.92 Å². The van der Waals surface area contributed by atoms with Crippen LogP contribution >= 0.6 is 0 Å². The minimum atomic E-state index is -0.0199. The van der Waals surface area contributed by atoms with Gasteiger partial charge in [0, 0.05) is 38.7 Å². The Balaban J connectivity index is 3.05. The minimum Gasteiger partial charge on any atom is -0.343 e. The first-order valence-corrected chi connectivity index (χ1v) is 8.48. The predicted molar refractivity (Wildman–Crippen MR) is 95.8 cm³/mol. The SMILES string of the molecule is CCN(CC)C(=O)CCN(C(C)=O)c1c(C)cccc1C(C)C. The van der Waals surface area contributed by atoms with Gasteiger partial charge in [0.2, 0.25) is 11.8 Å². The van der Waals surface area contributed by atoms with Crippen LogP contribution in [-0.4, -0.2) is 36.3 Å². The van der Waals surface area contributed by atoms with Crippen LogP contribution in [0.5, 0.6) is 0 Å². The van der Waals surface area contributed by atoms with Crippen molar-refractivity contribution in [2.24, 2.45) is 0 Å². The molecule has 0 bridgehead atoms. The Kier molecular flexibility index (Phi) is 7.27. The highest BCUT2D eigenvalue weighted by Crippen LogP contribution is 2.31. The lowest BCUT2D eigenvalue weighted by Gasteiger charge is -2.28. The molecule has 23 heavy (non-hydrogen) atoms. The summed E-state index contributed by atoms with van der Waals surface area (Å²) in [4.78, 5) is 28.0. The van der Waals surface area contributed by atoms with Gasteiger partial charge in [0.15, 0.2) is 0 Å². The summed E-state index contributed by atoms with van der Waals surface area (Å²) in [6.07, 6.45) is 0.354. The number of rotatable bonds is 7. The van der Waals surface area contributed by atoms with Crippen LogP contribution in [0.3, 0.4) is 0 Å². The molecule has 0 fully saturated rings. The van der Waals surface area contributed by atoms with E-state index in [1.807, 2.05) is 32.9 Å². The van der Waals surface area contributed by atoms with E-state index in [9.17, 15) is 9.59 Å². The van der Waals surface area contributed by atoms with Crippen molar-refractivity contribution in [2.75, 3.05) is 24.5 Å². The third kappa shape index (κ3) is 4.81. The van der Waals surface area contributed by atoms with Gasteiger partial charge in [-0.1, -0.05) is 32.0 Å². The number of hydrogen-bond acceptors (Lipinski definition) is 2. The van der Waals surface area contributed by atoms with Gasteiger partial charge in [-0.15, -0.1) is 0 Å². The molecule has 4 heteroatoms. The maximum absolute atomic E-state index is 12.3. The fourth-order valence-corrected chi connectivity index (χ4v) is 2.88. The maximum Gasteiger partial charge on any atom is 0.224 e. The van der Waals surface area contributed by atoms with Gasteiger partial charge in [-0.3, -0.25) is 9.59 Å². The second-order valence-electron chi connectivity index (χ2n) is 6.15. The Morgan fingerprint density at radius 1 is 1.13 bits per heavy atom. The van der Waals surface area contributed by atoms with Crippen LogP contribution < -0.4 is 4.90 Å². The minimum absolute atomic E-state index is 0.0199. The lowest BCUT2D eigenvalue weighted by molar-refractivity contribution is -0.130. The highest BCUT2D eigenvalue weighted by atomic mass is 16.2. The molecule has 0 aliphatic heterocycles. The van der Waals surface area contributed by atoms with E-state index >= 15 is 0 Å². The van der Waals surface area contributed by atoms with Crippen LogP contribution in [0.25, 0.3) is 0 Å². The second kappa shape index (κ2) is 8.70. The van der Waals surface area contributed by atoms with Gasteiger partial charge in [-0.25, -0.2) is 0 Å². The summed E-state index contributed by atoms with van der Waals surface area (Å²) in [5.74, 6) is 0.403. The highest BCUT2D eigenvalue weighted by Gasteiger charge is 2.21. The maximum atomic E-state index is 12.3. The van der Waals surface area contributed by atoms with Crippen molar-refractivity contribution in [2.45, 2.75) is 53.9 Å². The zero-order chi connectivity index (χ0) is 17.6. The molecule has 0 saturated carbocycles. The first-order valence-electron chi connectivity index (χ1n) is 8.48. The molecule has 0 radical (unpaired) electrons. The number of benzene rings is 1. The average Bonchev–Trinajstić information content (AvgIpc) is 2.49. The first kappa shape index (κ1) is 19.2. The summed E-state index contributed by atoms with van der Waals surface area (Å²) in [5.41, 5.74) is 3.18. The summed E-state index contributed by atoms with van der Waals surface area (Å²) in [6.45, 7) is 13.6. The predicted octanol–water partition coefficient (Wildman–Crippen LogP) is 3.73. The summed E-state index contributed by atoms with van der Waals surface area (Å²) in [7, 11) is 0. The third-order valence-corrected chi connectivity index (χ3v) is 4.21. The van der Waals surface area contributed by atoms with Crippen molar-refractivity contribution in [1.82, 2.24) is 4.90 Å². The van der Waals surface area contributed by atoms with Crippen LogP contribution in [0.15, 0.2) is 18.2 Å². The Labute approximate surface area is 140 Å². The van der Waals surface area contributed by atoms with E-state index in [4.69, 9.17) is 0 Å². The van der Waals surface area contributed by atoms with E-state index in [1.165, 1.54) is 0 Å². The fourth-order valence-electron chi connectivity index (χ4n) is 2.88. The van der Waals surface area contributed by atoms with E-state index in [2.05, 4.69) is 19.9 Å². The van der Waals surface area contributed by atoms with E-state index in [0.29, 0.717) is 32.0 Å². The van der Waals surface area contributed by atoms with Crippen molar-refractivity contribution in [3.63, 3.8) is 0 Å². The zero-order valence-corrected chi connectivity index (χ0v) is 15.3. The number of carbonyl (C=O) groups excluding carboxylic acids is 2. The molecule has 128 valence electrons. The Morgan fingerprint density at radius 3 is 2.22 bits per heavy atom. The van der Waals surface area contributed by atoms with E-state index in [-0.39, 0.29) is 11.8 Å². The Hall–Kier alpha value is -1.84. The number of aryl methyl sites for hydroxylation is 1. The summed E-state index contributed by atoms with van der Waals surface area (Å²) in [6, 6.07) is 6.10. The first-order chi connectivity index (χ1) is 10.8. The van der Waals surface area contributed by atoms with Gasteiger partial charge in [0.25, 0.3) is 0 Å². The number of anilines is 1. The van der Waals surface area contributed by atoms with Gasteiger partial charge in [0.1, 0.15) is 0 Å². The molecule has 0 N–H and O–H groups in total. The van der Waals surface area contributed by atoms with E-state index < -0.39 is 0 Å². The topological polar surface area (TPSA) is 40.6 Å². The second-order valence-corrected chi connectivity index (χ2v) is 6.15. The summed E-state index contributed by atoms with van der Waals surface area (Å²) < 4.78 is 0. The van der Waals surface area contributed by atoms with Crippen molar-refractivity contribution >= 4 is 17.5 Å². The van der Waals surface area contributed by atoms with Gasteiger partial charge in [-0.05, 0) is 37.8 Å². The number of para-hydroxylation sites is 1. The van der Waals surface area contributed by atoms with Crippen LogP contribution in [0.1, 0.15) is 58.1 Å². The smallest absolute Gasteiger partial charge is 0.224 e. The number of hydrogen-bond donors (Lipinski definition) is 0. The largest absolute Gasteiger partial charge is 0.343 e. The van der Waals surface area contributed by atoms with Gasteiger partial charge in [0.05, 0.1) is 0 Å². The molecule has 0 heterocycles. The molecule has 4 nitrogen and oxygen atoms in total. The molecule has 0 aliphatic carbocycles. The molecule has 0 aromatic heterocycles.